The predicted molar refractivity (Wildman–Crippen MR) is 116 cm³/mol. The first-order valence-electron chi connectivity index (χ1n) is 9.35. The third kappa shape index (κ3) is 6.11. The van der Waals surface area contributed by atoms with E-state index in [4.69, 9.17) is 0 Å². The molecule has 5 nitrogen and oxygen atoms in total. The molecule has 0 saturated carbocycles. The third-order valence-corrected chi connectivity index (χ3v) is 7.42. The Morgan fingerprint density at radius 2 is 1.81 bits per heavy atom. The lowest BCUT2D eigenvalue weighted by Crippen LogP contribution is -2.24. The van der Waals surface area contributed by atoms with Crippen molar-refractivity contribution in [2.45, 2.75) is 23.4 Å². The van der Waals surface area contributed by atoms with Crippen LogP contribution in [0.1, 0.15) is 21.5 Å². The first kappa shape index (κ1) is 22.9. The molecule has 9 heteroatoms. The molecule has 1 aromatic heterocycles. The number of carbonyl (C=O) groups is 1. The van der Waals surface area contributed by atoms with Gasteiger partial charge in [0.1, 0.15) is 5.03 Å². The Bertz CT molecular complexity index is 1180. The topological polar surface area (TPSA) is 76.1 Å². The van der Waals surface area contributed by atoms with E-state index in [2.05, 4.69) is 10.3 Å². The van der Waals surface area contributed by atoms with Crippen molar-refractivity contribution in [3.8, 4) is 0 Å². The second-order valence-electron chi connectivity index (χ2n) is 6.77. The van der Waals surface area contributed by atoms with Crippen LogP contribution in [-0.2, 0) is 16.4 Å². The van der Waals surface area contributed by atoms with Gasteiger partial charge in [-0.1, -0.05) is 23.8 Å². The highest BCUT2D eigenvalue weighted by Gasteiger charge is 2.17. The lowest BCUT2D eigenvalue weighted by Gasteiger charge is -2.10. The number of aryl methyl sites for hydroxylation is 1. The second-order valence-corrected chi connectivity index (χ2v) is 9.96. The number of carbonyl (C=O) groups excluding carboxylic acids is 1. The van der Waals surface area contributed by atoms with Gasteiger partial charge in [-0.25, -0.2) is 22.2 Å². The number of halogens is 2. The molecule has 0 unspecified atom stereocenters. The van der Waals surface area contributed by atoms with E-state index in [1.807, 2.05) is 6.92 Å². The SMILES string of the molecule is Cc1ccc(S(=O)(=O)CCSc2ncccc2C(=O)NCc2ccc(F)c(F)c2)cc1. The molecule has 0 radical (unpaired) electrons. The molecular weight excluding hydrogens is 442 g/mol. The highest BCUT2D eigenvalue weighted by atomic mass is 32.2. The summed E-state index contributed by atoms with van der Waals surface area (Å²) in [6.45, 7) is 1.89. The van der Waals surface area contributed by atoms with Gasteiger partial charge < -0.3 is 5.32 Å². The normalized spacial score (nSPS) is 11.3. The summed E-state index contributed by atoms with van der Waals surface area (Å²) in [5.74, 6) is -2.27. The Morgan fingerprint density at radius 3 is 2.52 bits per heavy atom. The van der Waals surface area contributed by atoms with Crippen LogP contribution in [0.2, 0.25) is 0 Å². The molecule has 0 atom stereocenters. The van der Waals surface area contributed by atoms with Gasteiger partial charge in [0.2, 0.25) is 0 Å². The summed E-state index contributed by atoms with van der Waals surface area (Å²) in [6, 6.07) is 13.2. The van der Waals surface area contributed by atoms with Crippen LogP contribution in [0.15, 0.2) is 70.7 Å². The molecule has 0 bridgehead atoms. The van der Waals surface area contributed by atoms with Crippen LogP contribution in [0.4, 0.5) is 8.78 Å². The quantitative estimate of drug-likeness (QED) is 0.509. The summed E-state index contributed by atoms with van der Waals surface area (Å²) in [4.78, 5) is 17.0. The van der Waals surface area contributed by atoms with E-state index in [1.165, 1.54) is 24.0 Å². The van der Waals surface area contributed by atoms with Gasteiger partial charge in [0, 0.05) is 18.5 Å². The van der Waals surface area contributed by atoms with Gasteiger partial charge in [0.05, 0.1) is 16.2 Å². The van der Waals surface area contributed by atoms with E-state index in [1.54, 1.807) is 36.4 Å². The minimum Gasteiger partial charge on any atom is -0.348 e. The van der Waals surface area contributed by atoms with E-state index in [-0.39, 0.29) is 28.5 Å². The van der Waals surface area contributed by atoms with E-state index in [0.717, 1.165) is 17.7 Å². The highest BCUT2D eigenvalue weighted by Crippen LogP contribution is 2.22. The molecule has 0 fully saturated rings. The number of thioether (sulfide) groups is 1. The number of hydrogen-bond donors (Lipinski definition) is 1. The summed E-state index contributed by atoms with van der Waals surface area (Å²) in [7, 11) is -3.45. The predicted octanol–water partition coefficient (Wildman–Crippen LogP) is 4.16. The zero-order valence-corrected chi connectivity index (χ0v) is 18.3. The van der Waals surface area contributed by atoms with Gasteiger partial charge in [0.25, 0.3) is 5.91 Å². The Hall–Kier alpha value is -2.78. The summed E-state index contributed by atoms with van der Waals surface area (Å²) in [5.41, 5.74) is 1.66. The average Bonchev–Trinajstić information content (AvgIpc) is 2.75. The van der Waals surface area contributed by atoms with Crippen molar-refractivity contribution >= 4 is 27.5 Å². The van der Waals surface area contributed by atoms with Crippen LogP contribution in [0.5, 0.6) is 0 Å². The minimum atomic E-state index is -3.45. The maximum atomic E-state index is 13.3. The van der Waals surface area contributed by atoms with Gasteiger partial charge >= 0.3 is 0 Å². The number of aromatic nitrogens is 1. The molecule has 0 aliphatic heterocycles. The van der Waals surface area contributed by atoms with Crippen molar-refractivity contribution in [2.75, 3.05) is 11.5 Å². The van der Waals surface area contributed by atoms with Crippen molar-refractivity contribution in [1.82, 2.24) is 10.3 Å². The second kappa shape index (κ2) is 10.0. The summed E-state index contributed by atoms with van der Waals surface area (Å²) >= 11 is 1.17. The van der Waals surface area contributed by atoms with Crippen molar-refractivity contribution < 1.29 is 22.0 Å². The fourth-order valence-electron chi connectivity index (χ4n) is 2.72. The van der Waals surface area contributed by atoms with Gasteiger partial charge in [-0.2, -0.15) is 0 Å². The molecule has 0 aliphatic rings. The monoisotopic (exact) mass is 462 g/mol. The largest absolute Gasteiger partial charge is 0.348 e. The Labute approximate surface area is 183 Å². The van der Waals surface area contributed by atoms with E-state index in [0.29, 0.717) is 10.6 Å². The zero-order valence-electron chi connectivity index (χ0n) is 16.6. The molecule has 1 N–H and O–H groups in total. The summed E-state index contributed by atoms with van der Waals surface area (Å²) in [6.07, 6.45) is 1.52. The first-order chi connectivity index (χ1) is 14.8. The maximum Gasteiger partial charge on any atom is 0.254 e. The Balaban J connectivity index is 1.62. The van der Waals surface area contributed by atoms with Crippen molar-refractivity contribution in [3.05, 3.63) is 89.1 Å². The standard InChI is InChI=1S/C22H20F2N2O3S2/c1-15-4-7-17(8-5-15)31(28,29)12-11-30-22-18(3-2-10-25-22)21(27)26-14-16-6-9-19(23)20(24)13-16/h2-10,13H,11-12,14H2,1H3,(H,26,27). The number of benzene rings is 2. The van der Waals surface area contributed by atoms with Crippen LogP contribution >= 0.6 is 11.8 Å². The number of sulfone groups is 1. The van der Waals surface area contributed by atoms with Gasteiger partial charge in [-0.3, -0.25) is 4.79 Å². The Morgan fingerprint density at radius 1 is 1.06 bits per heavy atom. The molecule has 0 aliphatic carbocycles. The molecule has 1 heterocycles. The molecular formula is C22H20F2N2O3S2. The van der Waals surface area contributed by atoms with Gasteiger partial charge in [-0.05, 0) is 48.9 Å². The maximum absolute atomic E-state index is 13.3. The van der Waals surface area contributed by atoms with Crippen molar-refractivity contribution in [1.29, 1.82) is 0 Å². The molecule has 1 amide bonds. The molecule has 0 saturated heterocycles. The smallest absolute Gasteiger partial charge is 0.254 e. The van der Waals surface area contributed by atoms with Crippen LogP contribution in [0.3, 0.4) is 0 Å². The number of hydrogen-bond acceptors (Lipinski definition) is 5. The fourth-order valence-corrected chi connectivity index (χ4v) is 5.36. The van der Waals surface area contributed by atoms with E-state index in [9.17, 15) is 22.0 Å². The number of nitrogens with one attached hydrogen (secondary N) is 1. The van der Waals surface area contributed by atoms with E-state index < -0.39 is 27.4 Å². The minimum absolute atomic E-state index is 0.0108. The Kier molecular flexibility index (Phi) is 7.40. The fraction of sp³-hybridized carbons (Fsp3) is 0.182. The number of pyridine rings is 1. The van der Waals surface area contributed by atoms with Crippen LogP contribution in [0, 0.1) is 18.6 Å². The molecule has 3 aromatic rings. The third-order valence-electron chi connectivity index (χ3n) is 4.42. The molecule has 3 rings (SSSR count). The first-order valence-corrected chi connectivity index (χ1v) is 12.0. The van der Waals surface area contributed by atoms with Gasteiger partial charge in [-0.15, -0.1) is 11.8 Å². The number of rotatable bonds is 8. The molecule has 0 spiro atoms. The summed E-state index contributed by atoms with van der Waals surface area (Å²) in [5, 5.41) is 3.03. The van der Waals surface area contributed by atoms with Crippen LogP contribution in [-0.4, -0.2) is 30.8 Å². The van der Waals surface area contributed by atoms with Crippen LogP contribution < -0.4 is 5.32 Å². The lowest BCUT2D eigenvalue weighted by atomic mass is 10.2. The molecule has 31 heavy (non-hydrogen) atoms. The number of amides is 1. The number of nitrogens with zero attached hydrogens (tertiary/aromatic N) is 1. The molecule has 162 valence electrons. The zero-order chi connectivity index (χ0) is 22.4. The van der Waals surface area contributed by atoms with E-state index >= 15 is 0 Å². The molecule has 2 aromatic carbocycles. The average molecular weight is 463 g/mol. The lowest BCUT2D eigenvalue weighted by molar-refractivity contribution is 0.0947. The van der Waals surface area contributed by atoms with Crippen molar-refractivity contribution in [3.63, 3.8) is 0 Å². The van der Waals surface area contributed by atoms with Crippen LogP contribution in [0.25, 0.3) is 0 Å². The highest BCUT2D eigenvalue weighted by molar-refractivity contribution is 8.00. The van der Waals surface area contributed by atoms with Crippen molar-refractivity contribution in [2.24, 2.45) is 0 Å². The summed E-state index contributed by atoms with van der Waals surface area (Å²) < 4.78 is 51.3. The van der Waals surface area contributed by atoms with Gasteiger partial charge in [0.15, 0.2) is 21.5 Å².